The van der Waals surface area contributed by atoms with E-state index in [1.165, 1.54) is 6.20 Å². The molecule has 0 aliphatic rings. The maximum atomic E-state index is 12.2. The molecule has 2 aromatic rings. The summed E-state index contributed by atoms with van der Waals surface area (Å²) in [5.74, 6) is -0.0254. The van der Waals surface area contributed by atoms with Crippen LogP contribution < -0.4 is 15.9 Å². The van der Waals surface area contributed by atoms with E-state index < -0.39 is 5.91 Å². The van der Waals surface area contributed by atoms with Crippen molar-refractivity contribution < 1.29 is 9.53 Å². The van der Waals surface area contributed by atoms with Gasteiger partial charge in [-0.3, -0.25) is 9.59 Å². The first-order valence-electron chi connectivity index (χ1n) is 5.67. The lowest BCUT2D eigenvalue weighted by molar-refractivity contribution is 0.0998. The number of methoxy groups -OCH3 is 1. The fraction of sp³-hybridized carbons (Fsp3) is 0.143. The molecule has 0 atom stereocenters. The van der Waals surface area contributed by atoms with Gasteiger partial charge in [0, 0.05) is 25.0 Å². The van der Waals surface area contributed by atoms with E-state index >= 15 is 0 Å². The molecule has 2 N–H and O–H groups in total. The molecule has 0 bridgehead atoms. The average Bonchev–Trinajstić information content (AvgIpc) is 2.41. The minimum Gasteiger partial charge on any atom is -0.497 e. The van der Waals surface area contributed by atoms with Crippen molar-refractivity contribution in [3.63, 3.8) is 0 Å². The van der Waals surface area contributed by atoms with Crippen LogP contribution in [-0.2, 0) is 7.05 Å². The predicted octanol–water partition coefficient (Wildman–Crippen LogP) is 1.58. The molecule has 0 saturated carbocycles. The summed E-state index contributed by atoms with van der Waals surface area (Å²) in [7, 11) is 3.31. The number of primary amides is 1. The van der Waals surface area contributed by atoms with Crippen LogP contribution in [0.25, 0.3) is 11.1 Å². The Labute approximate surface area is 122 Å². The van der Waals surface area contributed by atoms with Gasteiger partial charge in [0.1, 0.15) is 11.3 Å². The van der Waals surface area contributed by atoms with E-state index in [0.29, 0.717) is 16.9 Å². The van der Waals surface area contributed by atoms with Gasteiger partial charge in [0.2, 0.25) is 5.43 Å². The molecule has 1 aromatic heterocycles. The zero-order chi connectivity index (χ0) is 14.0. The van der Waals surface area contributed by atoms with Crippen LogP contribution in [-0.4, -0.2) is 17.6 Å². The fourth-order valence-electron chi connectivity index (χ4n) is 1.86. The average molecular weight is 295 g/mol. The number of rotatable bonds is 3. The predicted molar refractivity (Wildman–Crippen MR) is 79.4 cm³/mol. The summed E-state index contributed by atoms with van der Waals surface area (Å²) in [5.41, 5.74) is 5.97. The third-order valence-corrected chi connectivity index (χ3v) is 2.82. The van der Waals surface area contributed by atoms with Crippen molar-refractivity contribution in [2.75, 3.05) is 7.11 Å². The minimum atomic E-state index is -0.726. The van der Waals surface area contributed by atoms with Crippen molar-refractivity contribution >= 4 is 18.3 Å². The molecule has 0 spiro atoms. The summed E-state index contributed by atoms with van der Waals surface area (Å²) in [5, 5.41) is 0. The summed E-state index contributed by atoms with van der Waals surface area (Å²) >= 11 is 0. The van der Waals surface area contributed by atoms with Gasteiger partial charge in [-0.1, -0.05) is 12.1 Å². The second-order valence-electron chi connectivity index (χ2n) is 4.17. The van der Waals surface area contributed by atoms with Crippen LogP contribution in [0.4, 0.5) is 0 Å². The molecule has 0 aliphatic heterocycles. The number of halogens is 1. The Balaban J connectivity index is 0.00000200. The number of carbonyl (C=O) groups excluding carboxylic acids is 1. The van der Waals surface area contributed by atoms with E-state index in [0.717, 1.165) is 0 Å². The van der Waals surface area contributed by atoms with Gasteiger partial charge in [-0.05, 0) is 17.7 Å². The van der Waals surface area contributed by atoms with Crippen molar-refractivity contribution in [3.8, 4) is 16.9 Å². The Morgan fingerprint density at radius 2 is 1.80 bits per heavy atom. The van der Waals surface area contributed by atoms with Crippen molar-refractivity contribution in [1.29, 1.82) is 0 Å². The molecule has 6 heteroatoms. The zero-order valence-corrected chi connectivity index (χ0v) is 11.9. The Morgan fingerprint density at radius 3 is 2.30 bits per heavy atom. The van der Waals surface area contributed by atoms with E-state index in [9.17, 15) is 9.59 Å². The number of ether oxygens (including phenoxy) is 1. The van der Waals surface area contributed by atoms with Crippen molar-refractivity contribution in [1.82, 2.24) is 4.57 Å². The largest absolute Gasteiger partial charge is 0.497 e. The van der Waals surface area contributed by atoms with Gasteiger partial charge >= 0.3 is 0 Å². The first-order chi connectivity index (χ1) is 9.02. The Kier molecular flexibility index (Phi) is 4.94. The molecule has 2 rings (SSSR count). The summed E-state index contributed by atoms with van der Waals surface area (Å²) in [6, 6.07) is 7.04. The van der Waals surface area contributed by atoms with Gasteiger partial charge in [-0.25, -0.2) is 0 Å². The first-order valence-corrected chi connectivity index (χ1v) is 5.67. The lowest BCUT2D eigenvalue weighted by atomic mass is 10.0. The molecule has 1 heterocycles. The summed E-state index contributed by atoms with van der Waals surface area (Å²) in [4.78, 5) is 23.4. The smallest absolute Gasteiger partial charge is 0.254 e. The highest BCUT2D eigenvalue weighted by atomic mass is 35.5. The molecule has 5 nitrogen and oxygen atoms in total. The summed E-state index contributed by atoms with van der Waals surface area (Å²) in [6.07, 6.45) is 3.09. The molecule has 0 saturated heterocycles. The third-order valence-electron chi connectivity index (χ3n) is 2.82. The topological polar surface area (TPSA) is 74.3 Å². The highest BCUT2D eigenvalue weighted by molar-refractivity contribution is 5.93. The number of hydrogen-bond donors (Lipinski definition) is 1. The van der Waals surface area contributed by atoms with E-state index in [2.05, 4.69) is 0 Å². The summed E-state index contributed by atoms with van der Waals surface area (Å²) in [6.45, 7) is 0. The van der Waals surface area contributed by atoms with Crippen LogP contribution in [0.15, 0.2) is 41.5 Å². The van der Waals surface area contributed by atoms with Crippen LogP contribution >= 0.6 is 12.4 Å². The van der Waals surface area contributed by atoms with Crippen LogP contribution in [0.1, 0.15) is 10.4 Å². The number of aromatic nitrogens is 1. The monoisotopic (exact) mass is 294 g/mol. The maximum absolute atomic E-state index is 12.2. The Morgan fingerprint density at radius 1 is 1.20 bits per heavy atom. The number of nitrogens with two attached hydrogens (primary N) is 1. The molecule has 0 aliphatic carbocycles. The first kappa shape index (κ1) is 15.8. The van der Waals surface area contributed by atoms with Gasteiger partial charge in [0.05, 0.1) is 7.11 Å². The van der Waals surface area contributed by atoms with E-state index in [4.69, 9.17) is 10.5 Å². The van der Waals surface area contributed by atoms with Gasteiger partial charge in [0.15, 0.2) is 0 Å². The van der Waals surface area contributed by atoms with E-state index in [1.807, 2.05) is 0 Å². The van der Waals surface area contributed by atoms with Gasteiger partial charge < -0.3 is 15.0 Å². The standard InChI is InChI=1S/C14H14N2O3.ClH/c1-16-7-11(13(17)12(8-16)14(15)18)9-3-5-10(19-2)6-4-9;/h3-8H,1-2H3,(H2,15,18);1H. The molecule has 20 heavy (non-hydrogen) atoms. The van der Waals surface area contributed by atoms with Crippen LogP contribution in [0.3, 0.4) is 0 Å². The number of amides is 1. The number of nitrogens with zero attached hydrogens (tertiary/aromatic N) is 1. The second-order valence-corrected chi connectivity index (χ2v) is 4.17. The van der Waals surface area contributed by atoms with Crippen molar-refractivity contribution in [2.24, 2.45) is 12.8 Å². The molecular formula is C14H15ClN2O3. The molecular weight excluding hydrogens is 280 g/mol. The molecule has 0 fully saturated rings. The van der Waals surface area contributed by atoms with Crippen LogP contribution in [0, 0.1) is 0 Å². The van der Waals surface area contributed by atoms with Gasteiger partial charge in [-0.15, -0.1) is 12.4 Å². The maximum Gasteiger partial charge on any atom is 0.254 e. The number of carbonyl (C=O) groups is 1. The zero-order valence-electron chi connectivity index (χ0n) is 11.1. The lowest BCUT2D eigenvalue weighted by Gasteiger charge is -2.07. The van der Waals surface area contributed by atoms with Crippen molar-refractivity contribution in [3.05, 3.63) is 52.4 Å². The molecule has 0 radical (unpaired) electrons. The van der Waals surface area contributed by atoms with Crippen LogP contribution in [0.5, 0.6) is 5.75 Å². The Hall–Kier alpha value is -2.27. The molecule has 106 valence electrons. The van der Waals surface area contributed by atoms with E-state index in [1.54, 1.807) is 49.2 Å². The summed E-state index contributed by atoms with van der Waals surface area (Å²) < 4.78 is 6.70. The number of aryl methyl sites for hydroxylation is 1. The number of pyridine rings is 1. The molecule has 1 amide bonds. The normalized spacial score (nSPS) is 9.70. The van der Waals surface area contributed by atoms with Gasteiger partial charge in [-0.2, -0.15) is 0 Å². The SMILES string of the molecule is COc1ccc(-c2cn(C)cc(C(N)=O)c2=O)cc1.Cl. The fourth-order valence-corrected chi connectivity index (χ4v) is 1.86. The van der Waals surface area contributed by atoms with E-state index in [-0.39, 0.29) is 23.4 Å². The minimum absolute atomic E-state index is 0. The highest BCUT2D eigenvalue weighted by Gasteiger charge is 2.12. The quantitative estimate of drug-likeness (QED) is 0.934. The number of benzene rings is 1. The Bertz CT molecular complexity index is 678. The van der Waals surface area contributed by atoms with Gasteiger partial charge in [0.25, 0.3) is 5.91 Å². The molecule has 1 aromatic carbocycles. The second kappa shape index (κ2) is 6.25. The third kappa shape index (κ3) is 3.00. The number of hydrogen-bond acceptors (Lipinski definition) is 3. The lowest BCUT2D eigenvalue weighted by Crippen LogP contribution is -2.24. The molecule has 0 unspecified atom stereocenters. The highest BCUT2D eigenvalue weighted by Crippen LogP contribution is 2.19. The van der Waals surface area contributed by atoms with Crippen LogP contribution in [0.2, 0.25) is 0 Å². The van der Waals surface area contributed by atoms with Crippen molar-refractivity contribution in [2.45, 2.75) is 0 Å².